The Balaban J connectivity index is 1.38. The summed E-state index contributed by atoms with van der Waals surface area (Å²) in [7, 11) is 0. The van der Waals surface area contributed by atoms with E-state index in [-0.39, 0.29) is 0 Å². The molecule has 0 fully saturated rings. The third kappa shape index (κ3) is 3.04. The Morgan fingerprint density at radius 3 is 1.81 bits per heavy atom. The maximum Gasteiger partial charge on any atom is 0.0468 e. The monoisotopic (exact) mass is 469 g/mol. The van der Waals surface area contributed by atoms with E-state index in [2.05, 4.69) is 144 Å². The molecule has 0 radical (unpaired) electrons. The minimum Gasteiger partial charge on any atom is -0.310 e. The lowest BCUT2D eigenvalue weighted by atomic mass is 9.95. The van der Waals surface area contributed by atoms with Crippen molar-refractivity contribution in [2.24, 2.45) is 0 Å². The van der Waals surface area contributed by atoms with Crippen molar-refractivity contribution in [3.05, 3.63) is 140 Å². The quantitative estimate of drug-likeness (QED) is 0.233. The Morgan fingerprint density at radius 2 is 1.03 bits per heavy atom. The van der Waals surface area contributed by atoms with Crippen LogP contribution in [0.25, 0.3) is 54.6 Å². The van der Waals surface area contributed by atoms with Crippen molar-refractivity contribution in [2.45, 2.75) is 0 Å². The van der Waals surface area contributed by atoms with Crippen LogP contribution < -0.4 is 4.90 Å². The molecule has 0 amide bonds. The minimum absolute atomic E-state index is 1.15. The van der Waals surface area contributed by atoms with Crippen LogP contribution in [0.15, 0.2) is 140 Å². The molecule has 172 valence electrons. The van der Waals surface area contributed by atoms with Crippen molar-refractivity contribution < 1.29 is 0 Å². The Kier molecular flexibility index (Phi) is 4.29. The number of benzene rings is 7. The number of fused-ring (bicyclic) bond motifs is 6. The molecule has 0 aliphatic heterocycles. The van der Waals surface area contributed by atoms with E-state index in [1.54, 1.807) is 0 Å². The fraction of sp³-hybridized carbons (Fsp3) is 0. The lowest BCUT2D eigenvalue weighted by molar-refractivity contribution is 1.29. The van der Waals surface area contributed by atoms with Crippen LogP contribution in [0.2, 0.25) is 0 Å². The van der Waals surface area contributed by atoms with Gasteiger partial charge >= 0.3 is 0 Å². The van der Waals surface area contributed by atoms with Gasteiger partial charge in [0.05, 0.1) is 0 Å². The standard InChI is InChI=1S/C36H23N/c1-3-12-28(13-4-1)37(29-14-5-2-6-15-29)30-19-18-24-22-33-32-17-9-11-26-20-25-10-7-8-16-31(25)36(35(26)32)34(33)23-27(24)21-30/h1-23H. The van der Waals surface area contributed by atoms with Crippen molar-refractivity contribution >= 4 is 49.4 Å². The van der Waals surface area contributed by atoms with Crippen LogP contribution in [-0.4, -0.2) is 0 Å². The molecule has 7 aromatic rings. The van der Waals surface area contributed by atoms with E-state index >= 15 is 0 Å². The molecule has 0 N–H and O–H groups in total. The van der Waals surface area contributed by atoms with Gasteiger partial charge in [-0.05, 0) is 109 Å². The van der Waals surface area contributed by atoms with Gasteiger partial charge < -0.3 is 4.90 Å². The predicted octanol–water partition coefficient (Wildman–Crippen LogP) is 10.3. The fourth-order valence-electron chi connectivity index (χ4n) is 6.08. The number of hydrogen-bond acceptors (Lipinski definition) is 1. The van der Waals surface area contributed by atoms with Gasteiger partial charge in [0.25, 0.3) is 0 Å². The Bertz CT molecular complexity index is 1930. The molecule has 8 rings (SSSR count). The summed E-state index contributed by atoms with van der Waals surface area (Å²) in [6.45, 7) is 0. The second-order valence-corrected chi connectivity index (χ2v) is 9.81. The highest BCUT2D eigenvalue weighted by Gasteiger charge is 2.24. The van der Waals surface area contributed by atoms with E-state index in [9.17, 15) is 0 Å². The lowest BCUT2D eigenvalue weighted by Gasteiger charge is -2.25. The molecular weight excluding hydrogens is 446 g/mol. The van der Waals surface area contributed by atoms with Gasteiger partial charge in [-0.1, -0.05) is 84.9 Å². The number of nitrogens with zero attached hydrogens (tertiary/aromatic N) is 1. The average molecular weight is 470 g/mol. The highest BCUT2D eigenvalue weighted by molar-refractivity contribution is 6.25. The summed E-state index contributed by atoms with van der Waals surface area (Å²) in [6, 6.07) is 50.7. The van der Waals surface area contributed by atoms with E-state index in [0.717, 1.165) is 17.1 Å². The first-order chi connectivity index (χ1) is 18.3. The second-order valence-electron chi connectivity index (χ2n) is 9.81. The largest absolute Gasteiger partial charge is 0.310 e. The summed E-state index contributed by atoms with van der Waals surface area (Å²) in [4.78, 5) is 2.33. The summed E-state index contributed by atoms with van der Waals surface area (Å²) in [5, 5.41) is 7.82. The molecule has 0 saturated carbocycles. The first kappa shape index (κ1) is 20.3. The summed E-state index contributed by atoms with van der Waals surface area (Å²) in [5.41, 5.74) is 8.83. The highest BCUT2D eigenvalue weighted by Crippen LogP contribution is 2.51. The van der Waals surface area contributed by atoms with Gasteiger partial charge in [-0.3, -0.25) is 0 Å². The molecule has 37 heavy (non-hydrogen) atoms. The molecule has 0 unspecified atom stereocenters. The summed E-state index contributed by atoms with van der Waals surface area (Å²) >= 11 is 0. The smallest absolute Gasteiger partial charge is 0.0468 e. The first-order valence-corrected chi connectivity index (χ1v) is 12.8. The van der Waals surface area contributed by atoms with Crippen LogP contribution in [-0.2, 0) is 0 Å². The zero-order chi connectivity index (χ0) is 24.3. The number of anilines is 3. The molecule has 1 heteroatoms. The second kappa shape index (κ2) is 7.81. The third-order valence-corrected chi connectivity index (χ3v) is 7.69. The Morgan fingerprint density at radius 1 is 0.351 bits per heavy atom. The molecule has 0 atom stereocenters. The van der Waals surface area contributed by atoms with Crippen LogP contribution in [0.3, 0.4) is 0 Å². The predicted molar refractivity (Wildman–Crippen MR) is 158 cm³/mol. The van der Waals surface area contributed by atoms with Crippen molar-refractivity contribution in [1.82, 2.24) is 0 Å². The number of hydrogen-bond donors (Lipinski definition) is 0. The number of para-hydroxylation sites is 2. The normalized spacial score (nSPS) is 11.8. The Labute approximate surface area is 215 Å². The van der Waals surface area contributed by atoms with Crippen LogP contribution >= 0.6 is 0 Å². The molecule has 1 nitrogen and oxygen atoms in total. The number of rotatable bonds is 3. The molecule has 1 aliphatic carbocycles. The van der Waals surface area contributed by atoms with Crippen molar-refractivity contribution in [2.75, 3.05) is 4.90 Å². The molecule has 7 aromatic carbocycles. The van der Waals surface area contributed by atoms with E-state index in [4.69, 9.17) is 0 Å². The topological polar surface area (TPSA) is 3.24 Å². The van der Waals surface area contributed by atoms with Crippen LogP contribution in [0.4, 0.5) is 17.1 Å². The van der Waals surface area contributed by atoms with Crippen LogP contribution in [0.5, 0.6) is 0 Å². The molecule has 0 spiro atoms. The average Bonchev–Trinajstić information content (AvgIpc) is 3.28. The van der Waals surface area contributed by atoms with E-state index in [1.807, 2.05) is 0 Å². The fourth-order valence-corrected chi connectivity index (χ4v) is 6.08. The van der Waals surface area contributed by atoms with Gasteiger partial charge in [-0.25, -0.2) is 0 Å². The molecule has 0 bridgehead atoms. The SMILES string of the molecule is c1ccc(N(c2ccccc2)c2ccc3cc4c(cc3c2)-c2c3ccccc3cc3cccc-4c23)cc1. The van der Waals surface area contributed by atoms with Gasteiger partial charge in [0.15, 0.2) is 0 Å². The highest BCUT2D eigenvalue weighted by atomic mass is 15.1. The molecule has 0 saturated heterocycles. The summed E-state index contributed by atoms with van der Waals surface area (Å²) in [5.74, 6) is 0. The maximum atomic E-state index is 2.41. The van der Waals surface area contributed by atoms with E-state index < -0.39 is 0 Å². The van der Waals surface area contributed by atoms with Crippen molar-refractivity contribution in [1.29, 1.82) is 0 Å². The first-order valence-electron chi connectivity index (χ1n) is 12.8. The van der Waals surface area contributed by atoms with Gasteiger partial charge in [0, 0.05) is 17.1 Å². The Hall–Kier alpha value is -4.88. The molecule has 0 heterocycles. The minimum atomic E-state index is 1.15. The van der Waals surface area contributed by atoms with Crippen LogP contribution in [0, 0.1) is 0 Å². The van der Waals surface area contributed by atoms with Gasteiger partial charge in [-0.2, -0.15) is 0 Å². The third-order valence-electron chi connectivity index (χ3n) is 7.69. The van der Waals surface area contributed by atoms with E-state index in [1.165, 1.54) is 54.6 Å². The maximum absolute atomic E-state index is 2.41. The lowest BCUT2D eigenvalue weighted by Crippen LogP contribution is -2.09. The van der Waals surface area contributed by atoms with E-state index in [0.29, 0.717) is 0 Å². The molecule has 0 aromatic heterocycles. The summed E-state index contributed by atoms with van der Waals surface area (Å²) < 4.78 is 0. The van der Waals surface area contributed by atoms with Gasteiger partial charge in [0.2, 0.25) is 0 Å². The van der Waals surface area contributed by atoms with Gasteiger partial charge in [0.1, 0.15) is 0 Å². The van der Waals surface area contributed by atoms with Crippen LogP contribution in [0.1, 0.15) is 0 Å². The van der Waals surface area contributed by atoms with Crippen molar-refractivity contribution in [3.8, 4) is 22.3 Å². The summed E-state index contributed by atoms with van der Waals surface area (Å²) in [6.07, 6.45) is 0. The van der Waals surface area contributed by atoms with Gasteiger partial charge in [-0.15, -0.1) is 0 Å². The zero-order valence-corrected chi connectivity index (χ0v) is 20.2. The van der Waals surface area contributed by atoms with Crippen molar-refractivity contribution in [3.63, 3.8) is 0 Å². The zero-order valence-electron chi connectivity index (χ0n) is 20.2. The molecule has 1 aliphatic rings. The molecular formula is C36H23N.